The van der Waals surface area contributed by atoms with E-state index in [-0.39, 0.29) is 5.97 Å². The summed E-state index contributed by atoms with van der Waals surface area (Å²) in [6.07, 6.45) is 0.235. The molecule has 1 unspecified atom stereocenters. The Morgan fingerprint density at radius 3 is 2.63 bits per heavy atom. The van der Waals surface area contributed by atoms with Gasteiger partial charge in [0, 0.05) is 4.47 Å². The number of esters is 1. The topological polar surface area (TPSA) is 35.5 Å². The van der Waals surface area contributed by atoms with Gasteiger partial charge in [0.1, 0.15) is 5.60 Å². The van der Waals surface area contributed by atoms with Gasteiger partial charge in [0.05, 0.1) is 6.61 Å². The van der Waals surface area contributed by atoms with Crippen LogP contribution in [-0.2, 0) is 20.7 Å². The van der Waals surface area contributed by atoms with Crippen molar-refractivity contribution in [3.8, 4) is 0 Å². The monoisotopic (exact) mass is 328 g/mol. The zero-order chi connectivity index (χ0) is 14.5. The molecule has 106 valence electrons. The number of halogens is 1. The van der Waals surface area contributed by atoms with E-state index in [1.807, 2.05) is 45.0 Å². The molecule has 1 aromatic carbocycles. The van der Waals surface area contributed by atoms with Gasteiger partial charge in [0.15, 0.2) is 6.10 Å². The molecule has 0 radical (unpaired) electrons. The maximum Gasteiger partial charge on any atom is 0.335 e. The van der Waals surface area contributed by atoms with Crippen molar-refractivity contribution in [2.45, 2.75) is 45.8 Å². The second kappa shape index (κ2) is 7.06. The van der Waals surface area contributed by atoms with Crippen LogP contribution in [0.5, 0.6) is 0 Å². The normalized spacial score (nSPS) is 13.1. The van der Waals surface area contributed by atoms with Crippen LogP contribution in [0.3, 0.4) is 0 Å². The van der Waals surface area contributed by atoms with E-state index in [9.17, 15) is 4.79 Å². The van der Waals surface area contributed by atoms with Crippen LogP contribution in [-0.4, -0.2) is 24.3 Å². The summed E-state index contributed by atoms with van der Waals surface area (Å²) in [5.74, 6) is -0.318. The molecule has 0 spiro atoms. The van der Waals surface area contributed by atoms with Crippen LogP contribution in [0.2, 0.25) is 0 Å². The van der Waals surface area contributed by atoms with Gasteiger partial charge in [0.2, 0.25) is 0 Å². The van der Waals surface area contributed by atoms with Crippen molar-refractivity contribution in [3.05, 3.63) is 34.3 Å². The first-order valence-electron chi connectivity index (χ1n) is 6.37. The summed E-state index contributed by atoms with van der Waals surface area (Å²) in [5.41, 5.74) is 0.699. The molecule has 0 N–H and O–H groups in total. The van der Waals surface area contributed by atoms with Crippen LogP contribution >= 0.6 is 15.9 Å². The molecule has 0 aliphatic heterocycles. The molecule has 1 atom stereocenters. The van der Waals surface area contributed by atoms with E-state index in [1.165, 1.54) is 5.56 Å². The first-order chi connectivity index (χ1) is 8.78. The Hall–Kier alpha value is -0.870. The summed E-state index contributed by atoms with van der Waals surface area (Å²) in [4.78, 5) is 11.7. The molecule has 0 saturated carbocycles. The average Bonchev–Trinajstić information content (AvgIpc) is 2.26. The van der Waals surface area contributed by atoms with E-state index < -0.39 is 11.7 Å². The first kappa shape index (κ1) is 16.2. The molecule has 0 saturated heterocycles. The SMILES string of the molecule is CC(OCCc1cccc(Br)c1)C(=O)OC(C)(C)C. The van der Waals surface area contributed by atoms with Gasteiger partial charge in [-0.15, -0.1) is 0 Å². The number of hydrogen-bond donors (Lipinski definition) is 0. The Kier molecular flexibility index (Phi) is 6.01. The van der Waals surface area contributed by atoms with Crippen LogP contribution in [0.25, 0.3) is 0 Å². The quantitative estimate of drug-likeness (QED) is 0.772. The van der Waals surface area contributed by atoms with Crippen molar-refractivity contribution < 1.29 is 14.3 Å². The highest BCUT2D eigenvalue weighted by atomic mass is 79.9. The number of rotatable bonds is 5. The molecule has 0 fully saturated rings. The van der Waals surface area contributed by atoms with E-state index in [0.717, 1.165) is 10.9 Å². The molecule has 4 heteroatoms. The Bertz CT molecular complexity index is 424. The fraction of sp³-hybridized carbons (Fsp3) is 0.533. The van der Waals surface area contributed by atoms with Crippen LogP contribution in [0.1, 0.15) is 33.3 Å². The van der Waals surface area contributed by atoms with E-state index in [1.54, 1.807) is 6.92 Å². The summed E-state index contributed by atoms with van der Waals surface area (Å²) >= 11 is 3.42. The lowest BCUT2D eigenvalue weighted by Gasteiger charge is -2.22. The average molecular weight is 329 g/mol. The van der Waals surface area contributed by atoms with E-state index in [4.69, 9.17) is 9.47 Å². The Morgan fingerprint density at radius 1 is 1.37 bits per heavy atom. The molecule has 0 aromatic heterocycles. The molecule has 19 heavy (non-hydrogen) atoms. The van der Waals surface area contributed by atoms with Crippen molar-refractivity contribution in [2.75, 3.05) is 6.61 Å². The standard InChI is InChI=1S/C15H21BrO3/c1-11(14(17)19-15(2,3)4)18-9-8-12-6-5-7-13(16)10-12/h5-7,10-11H,8-9H2,1-4H3. The van der Waals surface area contributed by atoms with Gasteiger partial charge in [-0.1, -0.05) is 28.1 Å². The van der Waals surface area contributed by atoms with Crippen LogP contribution in [0.15, 0.2) is 28.7 Å². The Labute approximate surface area is 123 Å². The first-order valence-corrected chi connectivity index (χ1v) is 7.16. The molecule has 0 amide bonds. The minimum absolute atomic E-state index is 0.318. The molecule has 0 aliphatic carbocycles. The number of carbonyl (C=O) groups excluding carboxylic acids is 1. The lowest BCUT2D eigenvalue weighted by atomic mass is 10.2. The largest absolute Gasteiger partial charge is 0.458 e. The third-order valence-electron chi connectivity index (χ3n) is 2.39. The van der Waals surface area contributed by atoms with Crippen molar-refractivity contribution in [2.24, 2.45) is 0 Å². The predicted octanol–water partition coefficient (Wildman–Crippen LogP) is 3.74. The van der Waals surface area contributed by atoms with E-state index in [0.29, 0.717) is 6.61 Å². The van der Waals surface area contributed by atoms with Gasteiger partial charge in [-0.2, -0.15) is 0 Å². The van der Waals surface area contributed by atoms with E-state index in [2.05, 4.69) is 15.9 Å². The second-order valence-corrected chi connectivity index (χ2v) is 6.34. The highest BCUT2D eigenvalue weighted by molar-refractivity contribution is 9.10. The fourth-order valence-electron chi connectivity index (χ4n) is 1.50. The van der Waals surface area contributed by atoms with Crippen LogP contribution in [0.4, 0.5) is 0 Å². The minimum atomic E-state index is -0.536. The maximum absolute atomic E-state index is 11.7. The zero-order valence-electron chi connectivity index (χ0n) is 11.9. The molecule has 1 aromatic rings. The molecule has 0 aliphatic rings. The molecule has 1 rings (SSSR count). The molecule has 0 bridgehead atoms. The van der Waals surface area contributed by atoms with Crippen LogP contribution in [0, 0.1) is 0 Å². The van der Waals surface area contributed by atoms with Gasteiger partial charge in [-0.3, -0.25) is 0 Å². The highest BCUT2D eigenvalue weighted by Gasteiger charge is 2.21. The summed E-state index contributed by atoms with van der Waals surface area (Å²) in [7, 11) is 0. The third kappa shape index (κ3) is 6.73. The smallest absolute Gasteiger partial charge is 0.335 e. The molecule has 0 heterocycles. The van der Waals surface area contributed by atoms with Crippen molar-refractivity contribution >= 4 is 21.9 Å². The van der Waals surface area contributed by atoms with Crippen LogP contribution < -0.4 is 0 Å². The third-order valence-corrected chi connectivity index (χ3v) is 2.88. The zero-order valence-corrected chi connectivity index (χ0v) is 13.5. The Balaban J connectivity index is 2.34. The van der Waals surface area contributed by atoms with Gasteiger partial charge in [0.25, 0.3) is 0 Å². The number of hydrogen-bond acceptors (Lipinski definition) is 3. The lowest BCUT2D eigenvalue weighted by molar-refractivity contribution is -0.167. The van der Waals surface area contributed by atoms with Crippen molar-refractivity contribution in [3.63, 3.8) is 0 Å². The van der Waals surface area contributed by atoms with Gasteiger partial charge >= 0.3 is 5.97 Å². The van der Waals surface area contributed by atoms with Crippen molar-refractivity contribution in [1.29, 1.82) is 0 Å². The van der Waals surface area contributed by atoms with Gasteiger partial charge in [-0.05, 0) is 51.8 Å². The second-order valence-electron chi connectivity index (χ2n) is 5.43. The Morgan fingerprint density at radius 2 is 2.05 bits per heavy atom. The molecular weight excluding hydrogens is 308 g/mol. The summed E-state index contributed by atoms with van der Waals surface area (Å²) < 4.78 is 11.8. The van der Waals surface area contributed by atoms with Gasteiger partial charge in [-0.25, -0.2) is 4.79 Å². The lowest BCUT2D eigenvalue weighted by Crippen LogP contribution is -2.32. The number of benzene rings is 1. The predicted molar refractivity (Wildman–Crippen MR) is 79.1 cm³/mol. The molecular formula is C15H21BrO3. The number of ether oxygens (including phenoxy) is 2. The maximum atomic E-state index is 11.7. The summed E-state index contributed by atoms with van der Waals surface area (Å²) in [6.45, 7) is 7.75. The summed E-state index contributed by atoms with van der Waals surface area (Å²) in [6, 6.07) is 8.04. The van der Waals surface area contributed by atoms with Gasteiger partial charge < -0.3 is 9.47 Å². The minimum Gasteiger partial charge on any atom is -0.458 e. The number of carbonyl (C=O) groups is 1. The molecule has 3 nitrogen and oxygen atoms in total. The van der Waals surface area contributed by atoms with E-state index >= 15 is 0 Å². The fourth-order valence-corrected chi connectivity index (χ4v) is 1.95. The highest BCUT2D eigenvalue weighted by Crippen LogP contribution is 2.13. The summed E-state index contributed by atoms with van der Waals surface area (Å²) in [5, 5.41) is 0. The van der Waals surface area contributed by atoms with Crippen molar-refractivity contribution in [1.82, 2.24) is 0 Å².